The summed E-state index contributed by atoms with van der Waals surface area (Å²) in [6.07, 6.45) is 0.820. The van der Waals surface area contributed by atoms with Crippen molar-refractivity contribution in [3.63, 3.8) is 0 Å². The van der Waals surface area contributed by atoms with Crippen LogP contribution in [0.5, 0.6) is 11.5 Å². The molecule has 0 heterocycles. The van der Waals surface area contributed by atoms with Crippen LogP contribution in [0.25, 0.3) is 0 Å². The van der Waals surface area contributed by atoms with Crippen molar-refractivity contribution in [2.45, 2.75) is 26.9 Å². The highest BCUT2D eigenvalue weighted by atomic mass is 16.6. The van der Waals surface area contributed by atoms with Crippen LogP contribution in [0.3, 0.4) is 0 Å². The Kier molecular flexibility index (Phi) is 6.05. The zero-order valence-electron chi connectivity index (χ0n) is 15.2. The lowest BCUT2D eigenvalue weighted by Crippen LogP contribution is -2.00. The lowest BCUT2D eigenvalue weighted by molar-refractivity contribution is 0.130. The van der Waals surface area contributed by atoms with Gasteiger partial charge in [0.15, 0.2) is 0 Å². The van der Waals surface area contributed by atoms with E-state index in [0.29, 0.717) is 6.61 Å². The van der Waals surface area contributed by atoms with Gasteiger partial charge in [0.25, 0.3) is 0 Å². The van der Waals surface area contributed by atoms with Gasteiger partial charge in [0, 0.05) is 0 Å². The number of hydrogen-bond donors (Lipinski definition) is 0. The van der Waals surface area contributed by atoms with E-state index < -0.39 is 0 Å². The first-order valence-electron chi connectivity index (χ1n) is 8.82. The van der Waals surface area contributed by atoms with Crippen LogP contribution in [0.4, 0.5) is 0 Å². The number of para-hydroxylation sites is 1. The van der Waals surface area contributed by atoms with Gasteiger partial charge in [-0.05, 0) is 48.7 Å². The lowest BCUT2D eigenvalue weighted by atomic mass is 10.1. The van der Waals surface area contributed by atoms with Gasteiger partial charge in [0.1, 0.15) is 18.1 Å². The molecule has 0 bridgehead atoms. The lowest BCUT2D eigenvalue weighted by Gasteiger charge is -2.08. The topological polar surface area (TPSA) is 30.8 Å². The summed E-state index contributed by atoms with van der Waals surface area (Å²) >= 11 is 0. The Morgan fingerprint density at radius 2 is 1.58 bits per heavy atom. The second-order valence-corrected chi connectivity index (χ2v) is 6.09. The molecule has 3 heteroatoms. The predicted octanol–water partition coefficient (Wildman–Crippen LogP) is 6.12. The summed E-state index contributed by atoms with van der Waals surface area (Å²) < 4.78 is 5.86. The molecule has 0 saturated heterocycles. The minimum Gasteiger partial charge on any atom is -0.457 e. The monoisotopic (exact) mass is 345 g/mol. The van der Waals surface area contributed by atoms with Gasteiger partial charge >= 0.3 is 0 Å². The van der Waals surface area contributed by atoms with E-state index in [1.165, 1.54) is 5.56 Å². The number of nitrogens with zero attached hydrogens (tertiary/aromatic N) is 1. The number of rotatable bonds is 7. The zero-order valence-corrected chi connectivity index (χ0v) is 15.2. The van der Waals surface area contributed by atoms with E-state index in [-0.39, 0.29) is 0 Å². The van der Waals surface area contributed by atoms with E-state index in [4.69, 9.17) is 9.57 Å². The van der Waals surface area contributed by atoms with Crippen LogP contribution in [-0.2, 0) is 11.4 Å². The Morgan fingerprint density at radius 3 is 2.31 bits per heavy atom. The van der Waals surface area contributed by atoms with E-state index in [1.54, 1.807) is 0 Å². The normalized spacial score (nSPS) is 11.2. The fourth-order valence-electron chi connectivity index (χ4n) is 2.58. The van der Waals surface area contributed by atoms with Gasteiger partial charge in [-0.1, -0.05) is 72.2 Å². The summed E-state index contributed by atoms with van der Waals surface area (Å²) in [5.74, 6) is 1.60. The third-order valence-electron chi connectivity index (χ3n) is 4.00. The summed E-state index contributed by atoms with van der Waals surface area (Å²) in [5, 5.41) is 4.33. The Bertz CT molecular complexity index is 855. The molecule has 0 aromatic heterocycles. The number of hydrogen-bond acceptors (Lipinski definition) is 3. The van der Waals surface area contributed by atoms with Crippen LogP contribution in [0, 0.1) is 6.92 Å². The molecule has 0 aliphatic carbocycles. The van der Waals surface area contributed by atoms with E-state index >= 15 is 0 Å². The van der Waals surface area contributed by atoms with E-state index in [0.717, 1.165) is 34.8 Å². The van der Waals surface area contributed by atoms with E-state index in [9.17, 15) is 0 Å². The Balaban J connectivity index is 1.63. The Hall–Kier alpha value is -3.07. The minimum absolute atomic E-state index is 0.404. The van der Waals surface area contributed by atoms with Crippen molar-refractivity contribution < 1.29 is 9.57 Å². The van der Waals surface area contributed by atoms with Crippen molar-refractivity contribution in [3.05, 3.63) is 95.6 Å². The highest BCUT2D eigenvalue weighted by Gasteiger charge is 2.03. The van der Waals surface area contributed by atoms with Crippen molar-refractivity contribution in [2.75, 3.05) is 0 Å². The summed E-state index contributed by atoms with van der Waals surface area (Å²) in [5.41, 5.74) is 4.29. The largest absolute Gasteiger partial charge is 0.457 e. The number of ether oxygens (including phenoxy) is 1. The molecule has 132 valence electrons. The Morgan fingerprint density at radius 1 is 0.846 bits per heavy atom. The first-order chi connectivity index (χ1) is 12.7. The molecule has 0 atom stereocenters. The van der Waals surface area contributed by atoms with E-state index in [2.05, 4.69) is 43.3 Å². The molecule has 0 aliphatic heterocycles. The SMILES string of the molecule is CCC(=NOCc1cccc(Oc2ccccc2)c1)c1ccc(C)cc1. The molecule has 0 spiro atoms. The molecule has 3 rings (SSSR count). The number of benzene rings is 3. The van der Waals surface area contributed by atoms with Gasteiger partial charge < -0.3 is 9.57 Å². The van der Waals surface area contributed by atoms with Crippen LogP contribution in [-0.4, -0.2) is 5.71 Å². The molecule has 0 unspecified atom stereocenters. The first kappa shape index (κ1) is 17.7. The second-order valence-electron chi connectivity index (χ2n) is 6.09. The molecule has 3 nitrogen and oxygen atoms in total. The first-order valence-corrected chi connectivity index (χ1v) is 8.82. The van der Waals surface area contributed by atoms with Crippen LogP contribution < -0.4 is 4.74 Å². The molecule has 3 aromatic rings. The maximum absolute atomic E-state index is 5.86. The third-order valence-corrected chi connectivity index (χ3v) is 4.00. The fourth-order valence-corrected chi connectivity index (χ4v) is 2.58. The molecule has 26 heavy (non-hydrogen) atoms. The van der Waals surface area contributed by atoms with Gasteiger partial charge in [-0.15, -0.1) is 0 Å². The third kappa shape index (κ3) is 4.96. The quantitative estimate of drug-likeness (QED) is 0.381. The van der Waals surface area contributed by atoms with Crippen LogP contribution >= 0.6 is 0 Å². The molecule has 0 radical (unpaired) electrons. The molecule has 0 amide bonds. The van der Waals surface area contributed by atoms with Crippen molar-refractivity contribution in [1.29, 1.82) is 0 Å². The maximum atomic E-state index is 5.86. The second kappa shape index (κ2) is 8.86. The van der Waals surface area contributed by atoms with Crippen molar-refractivity contribution in [1.82, 2.24) is 0 Å². The molecule has 0 N–H and O–H groups in total. The summed E-state index contributed by atoms with van der Waals surface area (Å²) in [7, 11) is 0. The van der Waals surface area contributed by atoms with Crippen molar-refractivity contribution in [2.24, 2.45) is 5.16 Å². The van der Waals surface area contributed by atoms with Crippen molar-refractivity contribution in [3.8, 4) is 11.5 Å². The van der Waals surface area contributed by atoms with Gasteiger partial charge in [0.05, 0.1) is 5.71 Å². The average Bonchev–Trinajstić information content (AvgIpc) is 2.67. The van der Waals surface area contributed by atoms with Crippen LogP contribution in [0.1, 0.15) is 30.0 Å². The van der Waals surface area contributed by atoms with Gasteiger partial charge in [-0.25, -0.2) is 0 Å². The fraction of sp³-hybridized carbons (Fsp3) is 0.174. The van der Waals surface area contributed by atoms with E-state index in [1.807, 2.05) is 54.6 Å². The summed E-state index contributed by atoms with van der Waals surface area (Å²) in [6.45, 7) is 4.56. The molecule has 0 fully saturated rings. The highest BCUT2D eigenvalue weighted by Crippen LogP contribution is 2.22. The highest BCUT2D eigenvalue weighted by molar-refractivity contribution is 6.00. The smallest absolute Gasteiger partial charge is 0.142 e. The predicted molar refractivity (Wildman–Crippen MR) is 106 cm³/mol. The summed E-state index contributed by atoms with van der Waals surface area (Å²) in [4.78, 5) is 5.60. The Labute approximate surface area is 154 Å². The van der Waals surface area contributed by atoms with Crippen molar-refractivity contribution >= 4 is 5.71 Å². The number of oxime groups is 1. The maximum Gasteiger partial charge on any atom is 0.142 e. The van der Waals surface area contributed by atoms with Gasteiger partial charge in [-0.3, -0.25) is 0 Å². The van der Waals surface area contributed by atoms with Gasteiger partial charge in [0.2, 0.25) is 0 Å². The standard InChI is InChI=1S/C23H23NO2/c1-3-23(20-14-12-18(2)13-15-20)24-25-17-19-8-7-11-22(16-19)26-21-9-5-4-6-10-21/h4-16H,3,17H2,1-2H3. The molecule has 0 saturated carbocycles. The molecular weight excluding hydrogens is 322 g/mol. The molecular formula is C23H23NO2. The number of aryl methyl sites for hydroxylation is 1. The molecule has 3 aromatic carbocycles. The average molecular weight is 345 g/mol. The minimum atomic E-state index is 0.404. The zero-order chi connectivity index (χ0) is 18.2. The molecule has 0 aliphatic rings. The van der Waals surface area contributed by atoms with Gasteiger partial charge in [-0.2, -0.15) is 0 Å². The summed E-state index contributed by atoms with van der Waals surface area (Å²) in [6, 6.07) is 25.9. The van der Waals surface area contributed by atoms with Crippen LogP contribution in [0.15, 0.2) is 84.0 Å². The van der Waals surface area contributed by atoms with Crippen LogP contribution in [0.2, 0.25) is 0 Å².